The lowest BCUT2D eigenvalue weighted by Gasteiger charge is -2.32. The highest BCUT2D eigenvalue weighted by molar-refractivity contribution is 5.82. The Morgan fingerprint density at radius 3 is 2.47 bits per heavy atom. The van der Waals surface area contributed by atoms with Gasteiger partial charge in [0.15, 0.2) is 0 Å². The van der Waals surface area contributed by atoms with Crippen molar-refractivity contribution in [3.63, 3.8) is 0 Å². The van der Waals surface area contributed by atoms with Crippen molar-refractivity contribution < 1.29 is 14.3 Å². The van der Waals surface area contributed by atoms with Crippen LogP contribution >= 0.6 is 0 Å². The summed E-state index contributed by atoms with van der Waals surface area (Å²) in [5, 5.41) is 0. The minimum atomic E-state index is -0.394. The maximum absolute atomic E-state index is 11.9. The van der Waals surface area contributed by atoms with Crippen molar-refractivity contribution in [3.8, 4) is 0 Å². The van der Waals surface area contributed by atoms with E-state index in [2.05, 4.69) is 0 Å². The number of hydrogen-bond donors (Lipinski definition) is 1. The third kappa shape index (κ3) is 3.70. The number of methoxy groups -OCH3 is 1. The van der Waals surface area contributed by atoms with Crippen LogP contribution in [0.2, 0.25) is 0 Å². The minimum Gasteiger partial charge on any atom is -0.469 e. The fourth-order valence-electron chi connectivity index (χ4n) is 2.17. The molecule has 0 aromatic heterocycles. The number of amides is 1. The Labute approximate surface area is 102 Å². The summed E-state index contributed by atoms with van der Waals surface area (Å²) in [6.07, 6.45) is 2.98. The first-order valence-electron chi connectivity index (χ1n) is 6.22. The molecule has 0 bridgehead atoms. The summed E-state index contributed by atoms with van der Waals surface area (Å²) < 4.78 is 4.70. The third-order valence-corrected chi connectivity index (χ3v) is 3.26. The van der Waals surface area contributed by atoms with Crippen LogP contribution in [0.15, 0.2) is 0 Å². The molecule has 0 saturated carbocycles. The van der Waals surface area contributed by atoms with Crippen molar-refractivity contribution in [2.75, 3.05) is 20.2 Å². The number of likely N-dealkylation sites (tertiary alicyclic amines) is 1. The summed E-state index contributed by atoms with van der Waals surface area (Å²) in [5.41, 5.74) is 5.80. The molecule has 1 heterocycles. The van der Waals surface area contributed by atoms with E-state index in [-0.39, 0.29) is 17.8 Å². The van der Waals surface area contributed by atoms with E-state index in [4.69, 9.17) is 10.5 Å². The first kappa shape index (κ1) is 14.0. The SMILES string of the molecule is CCC[C@H](N)C(=O)N1CCC(C(=O)OC)CC1. The number of esters is 1. The molecule has 1 saturated heterocycles. The number of carbonyl (C=O) groups is 2. The van der Waals surface area contributed by atoms with Crippen molar-refractivity contribution in [1.29, 1.82) is 0 Å². The molecule has 0 aromatic rings. The number of nitrogens with two attached hydrogens (primary N) is 1. The molecule has 5 heteroatoms. The minimum absolute atomic E-state index is 0.00941. The van der Waals surface area contributed by atoms with Gasteiger partial charge in [-0.25, -0.2) is 0 Å². The highest BCUT2D eigenvalue weighted by Crippen LogP contribution is 2.19. The van der Waals surface area contributed by atoms with E-state index in [0.717, 1.165) is 12.8 Å². The molecule has 0 radical (unpaired) electrons. The molecule has 0 spiro atoms. The Balaban J connectivity index is 2.41. The van der Waals surface area contributed by atoms with E-state index in [9.17, 15) is 9.59 Å². The molecule has 0 aliphatic carbocycles. The molecule has 1 rings (SSSR count). The standard InChI is InChI=1S/C12H22N2O3/c1-3-4-10(13)11(15)14-7-5-9(6-8-14)12(16)17-2/h9-10H,3-8,13H2,1-2H3/t10-/m0/s1. The van der Waals surface area contributed by atoms with Gasteiger partial charge in [-0.2, -0.15) is 0 Å². The van der Waals surface area contributed by atoms with Gasteiger partial charge in [-0.05, 0) is 19.3 Å². The second-order valence-corrected chi connectivity index (χ2v) is 4.52. The van der Waals surface area contributed by atoms with Gasteiger partial charge in [0.2, 0.25) is 5.91 Å². The number of nitrogens with zero attached hydrogens (tertiary/aromatic N) is 1. The van der Waals surface area contributed by atoms with Gasteiger partial charge in [0, 0.05) is 13.1 Å². The Morgan fingerprint density at radius 2 is 2.00 bits per heavy atom. The van der Waals surface area contributed by atoms with Crippen LogP contribution in [0.5, 0.6) is 0 Å². The quantitative estimate of drug-likeness (QED) is 0.730. The lowest BCUT2D eigenvalue weighted by molar-refractivity contribution is -0.149. The van der Waals surface area contributed by atoms with Gasteiger partial charge in [0.1, 0.15) is 0 Å². The summed E-state index contributed by atoms with van der Waals surface area (Å²) in [5.74, 6) is -0.225. The lowest BCUT2D eigenvalue weighted by atomic mass is 9.96. The summed E-state index contributed by atoms with van der Waals surface area (Å²) >= 11 is 0. The van der Waals surface area contributed by atoms with Crippen LogP contribution in [-0.4, -0.2) is 43.0 Å². The number of rotatable bonds is 4. The molecule has 17 heavy (non-hydrogen) atoms. The Morgan fingerprint density at radius 1 is 1.41 bits per heavy atom. The predicted octanol–water partition coefficient (Wildman–Crippen LogP) is 0.525. The average Bonchev–Trinajstić information content (AvgIpc) is 2.37. The maximum atomic E-state index is 11.9. The van der Waals surface area contributed by atoms with Crippen LogP contribution < -0.4 is 5.73 Å². The van der Waals surface area contributed by atoms with E-state index in [1.165, 1.54) is 7.11 Å². The molecule has 0 aromatic carbocycles. The van der Waals surface area contributed by atoms with E-state index in [1.807, 2.05) is 6.92 Å². The number of carbonyl (C=O) groups excluding carboxylic acids is 2. The van der Waals surface area contributed by atoms with Crippen LogP contribution in [-0.2, 0) is 14.3 Å². The fraction of sp³-hybridized carbons (Fsp3) is 0.833. The summed E-state index contributed by atoms with van der Waals surface area (Å²) in [7, 11) is 1.40. The second-order valence-electron chi connectivity index (χ2n) is 4.52. The summed E-state index contributed by atoms with van der Waals surface area (Å²) in [6, 6.07) is -0.394. The molecule has 1 aliphatic rings. The zero-order chi connectivity index (χ0) is 12.8. The smallest absolute Gasteiger partial charge is 0.308 e. The molecule has 2 N–H and O–H groups in total. The van der Waals surface area contributed by atoms with Crippen molar-refractivity contribution >= 4 is 11.9 Å². The fourth-order valence-corrected chi connectivity index (χ4v) is 2.17. The Kier molecular flexibility index (Phi) is 5.41. The van der Waals surface area contributed by atoms with Crippen molar-refractivity contribution in [3.05, 3.63) is 0 Å². The van der Waals surface area contributed by atoms with E-state index in [0.29, 0.717) is 25.9 Å². The molecule has 1 fully saturated rings. The van der Waals surface area contributed by atoms with Gasteiger partial charge in [0.25, 0.3) is 0 Å². The van der Waals surface area contributed by atoms with Crippen LogP contribution in [0.1, 0.15) is 32.6 Å². The molecule has 1 atom stereocenters. The zero-order valence-electron chi connectivity index (χ0n) is 10.6. The molecule has 98 valence electrons. The van der Waals surface area contributed by atoms with Gasteiger partial charge < -0.3 is 15.4 Å². The number of hydrogen-bond acceptors (Lipinski definition) is 4. The van der Waals surface area contributed by atoms with Crippen LogP contribution in [0, 0.1) is 5.92 Å². The molecule has 1 aliphatic heterocycles. The molecule has 0 unspecified atom stereocenters. The lowest BCUT2D eigenvalue weighted by Crippen LogP contribution is -2.47. The van der Waals surface area contributed by atoms with Crippen LogP contribution in [0.4, 0.5) is 0 Å². The Hall–Kier alpha value is -1.10. The van der Waals surface area contributed by atoms with E-state index < -0.39 is 6.04 Å². The first-order valence-corrected chi connectivity index (χ1v) is 6.22. The molecular formula is C12H22N2O3. The molecule has 5 nitrogen and oxygen atoms in total. The number of piperidine rings is 1. The van der Waals surface area contributed by atoms with Gasteiger partial charge in [-0.15, -0.1) is 0 Å². The first-order chi connectivity index (χ1) is 8.10. The zero-order valence-corrected chi connectivity index (χ0v) is 10.6. The highest BCUT2D eigenvalue weighted by Gasteiger charge is 2.29. The van der Waals surface area contributed by atoms with E-state index in [1.54, 1.807) is 4.90 Å². The Bertz CT molecular complexity index is 273. The van der Waals surface area contributed by atoms with Gasteiger partial charge in [-0.1, -0.05) is 13.3 Å². The van der Waals surface area contributed by atoms with Gasteiger partial charge in [0.05, 0.1) is 19.1 Å². The third-order valence-electron chi connectivity index (χ3n) is 3.26. The van der Waals surface area contributed by atoms with Gasteiger partial charge in [-0.3, -0.25) is 9.59 Å². The van der Waals surface area contributed by atoms with Crippen molar-refractivity contribution in [2.24, 2.45) is 11.7 Å². The van der Waals surface area contributed by atoms with Crippen LogP contribution in [0.3, 0.4) is 0 Å². The second kappa shape index (κ2) is 6.59. The predicted molar refractivity (Wildman–Crippen MR) is 64.2 cm³/mol. The topological polar surface area (TPSA) is 72.6 Å². The van der Waals surface area contributed by atoms with Crippen molar-refractivity contribution in [1.82, 2.24) is 4.90 Å². The molecule has 1 amide bonds. The number of ether oxygens (including phenoxy) is 1. The monoisotopic (exact) mass is 242 g/mol. The highest BCUT2D eigenvalue weighted by atomic mass is 16.5. The summed E-state index contributed by atoms with van der Waals surface area (Å²) in [6.45, 7) is 3.22. The molecular weight excluding hydrogens is 220 g/mol. The average molecular weight is 242 g/mol. The normalized spacial score (nSPS) is 18.9. The van der Waals surface area contributed by atoms with Crippen molar-refractivity contribution in [2.45, 2.75) is 38.6 Å². The summed E-state index contributed by atoms with van der Waals surface area (Å²) in [4.78, 5) is 25.0. The van der Waals surface area contributed by atoms with Gasteiger partial charge >= 0.3 is 5.97 Å². The maximum Gasteiger partial charge on any atom is 0.308 e. The largest absolute Gasteiger partial charge is 0.469 e. The van der Waals surface area contributed by atoms with Crippen LogP contribution in [0.25, 0.3) is 0 Å². The van der Waals surface area contributed by atoms with E-state index >= 15 is 0 Å².